The van der Waals surface area contributed by atoms with Crippen LogP contribution in [0.25, 0.3) is 15.2 Å². The number of hydrogen-bond donors (Lipinski definition) is 1. The van der Waals surface area contributed by atoms with Crippen LogP contribution in [0.4, 0.5) is 4.39 Å². The van der Waals surface area contributed by atoms with Gasteiger partial charge in [0.05, 0.1) is 37.5 Å². The molecule has 0 spiro atoms. The van der Waals surface area contributed by atoms with Crippen molar-refractivity contribution in [1.82, 2.24) is 24.1 Å². The summed E-state index contributed by atoms with van der Waals surface area (Å²) in [6.07, 6.45) is 3.02. The number of aromatic nitrogens is 5. The third-order valence-electron chi connectivity index (χ3n) is 7.28. The van der Waals surface area contributed by atoms with Gasteiger partial charge in [0.1, 0.15) is 33.0 Å². The van der Waals surface area contributed by atoms with Crippen molar-refractivity contribution in [2.75, 3.05) is 20.3 Å². The van der Waals surface area contributed by atoms with E-state index < -0.39 is 34.7 Å². The maximum Gasteiger partial charge on any atom is 0.333 e. The van der Waals surface area contributed by atoms with Crippen LogP contribution < -0.4 is 16.0 Å². The average Bonchev–Trinajstić information content (AvgIpc) is 3.59. The molecule has 1 aliphatic heterocycles. The van der Waals surface area contributed by atoms with Crippen LogP contribution in [0, 0.1) is 12.7 Å². The third-order valence-corrected chi connectivity index (χ3v) is 8.56. The fourth-order valence-corrected chi connectivity index (χ4v) is 6.20. The highest BCUT2D eigenvalue weighted by molar-refractivity contribution is 7.21. The molecule has 12 nitrogen and oxygen atoms in total. The van der Waals surface area contributed by atoms with Gasteiger partial charge in [0.2, 0.25) is 0 Å². The number of aryl methyl sites for hydroxylation is 1. The van der Waals surface area contributed by atoms with Gasteiger partial charge in [-0.2, -0.15) is 10.2 Å². The largest absolute Gasteiger partial charge is 0.496 e. The van der Waals surface area contributed by atoms with Gasteiger partial charge in [0.15, 0.2) is 0 Å². The SMILES string of the molecule is COc1ccc(F)cc1C(Cn1c(=O)n(C(C)(C)C(=O)O)c(=O)c2c(C)c(-n3nccn3)sc21)OC1CCOCC1. The second kappa shape index (κ2) is 11.2. The zero-order chi connectivity index (χ0) is 29.5. The number of rotatable bonds is 9. The van der Waals surface area contributed by atoms with E-state index in [1.54, 1.807) is 6.92 Å². The molecule has 4 heterocycles. The molecule has 1 unspecified atom stereocenters. The van der Waals surface area contributed by atoms with Crippen LogP contribution >= 0.6 is 11.3 Å². The number of halogens is 1. The van der Waals surface area contributed by atoms with Crippen LogP contribution in [0.15, 0.2) is 40.2 Å². The molecule has 1 fully saturated rings. The van der Waals surface area contributed by atoms with E-state index in [2.05, 4.69) is 10.2 Å². The summed E-state index contributed by atoms with van der Waals surface area (Å²) in [5, 5.41) is 19.0. The van der Waals surface area contributed by atoms with E-state index in [0.29, 0.717) is 47.9 Å². The van der Waals surface area contributed by atoms with Gasteiger partial charge in [-0.05, 0) is 51.8 Å². The van der Waals surface area contributed by atoms with Crippen molar-refractivity contribution in [1.29, 1.82) is 0 Å². The van der Waals surface area contributed by atoms with Gasteiger partial charge >= 0.3 is 11.7 Å². The Hall–Kier alpha value is -3.88. The van der Waals surface area contributed by atoms with Crippen molar-refractivity contribution in [2.45, 2.75) is 57.9 Å². The molecule has 0 radical (unpaired) electrons. The van der Waals surface area contributed by atoms with Crippen molar-refractivity contribution in [3.8, 4) is 10.8 Å². The number of hydrogen-bond acceptors (Lipinski definition) is 9. The summed E-state index contributed by atoms with van der Waals surface area (Å²) in [5.41, 5.74) is -2.61. The van der Waals surface area contributed by atoms with Gasteiger partial charge in [-0.15, -0.1) is 4.80 Å². The van der Waals surface area contributed by atoms with Crippen molar-refractivity contribution < 1.29 is 28.5 Å². The van der Waals surface area contributed by atoms with E-state index in [9.17, 15) is 23.9 Å². The van der Waals surface area contributed by atoms with E-state index >= 15 is 0 Å². The normalized spacial score (nSPS) is 15.3. The van der Waals surface area contributed by atoms with Crippen molar-refractivity contribution in [2.24, 2.45) is 0 Å². The predicted octanol–water partition coefficient (Wildman–Crippen LogP) is 3.02. The Bertz CT molecular complexity index is 1700. The number of thiophene rings is 1. The Kier molecular flexibility index (Phi) is 7.81. The van der Waals surface area contributed by atoms with Gasteiger partial charge in [-0.25, -0.2) is 18.5 Å². The number of carboxylic acids is 1. The summed E-state index contributed by atoms with van der Waals surface area (Å²) < 4.78 is 34.1. The molecule has 1 aromatic carbocycles. The zero-order valence-corrected chi connectivity index (χ0v) is 23.8. The lowest BCUT2D eigenvalue weighted by molar-refractivity contribution is -0.146. The number of nitrogens with zero attached hydrogens (tertiary/aromatic N) is 5. The number of ether oxygens (including phenoxy) is 3. The topological polar surface area (TPSA) is 140 Å². The zero-order valence-electron chi connectivity index (χ0n) is 23.0. The first-order valence-corrected chi connectivity index (χ1v) is 13.8. The Balaban J connectivity index is 1.77. The van der Waals surface area contributed by atoms with Crippen LogP contribution in [0.2, 0.25) is 0 Å². The molecule has 1 aliphatic rings. The highest BCUT2D eigenvalue weighted by Gasteiger charge is 2.36. The van der Waals surface area contributed by atoms with Crippen molar-refractivity contribution >= 4 is 27.5 Å². The van der Waals surface area contributed by atoms with Crippen LogP contribution in [0.3, 0.4) is 0 Å². The molecule has 218 valence electrons. The summed E-state index contributed by atoms with van der Waals surface area (Å²) in [6.45, 7) is 5.09. The van der Waals surface area contributed by atoms with E-state index in [1.165, 1.54) is 60.9 Å². The van der Waals surface area contributed by atoms with Gasteiger partial charge in [-0.3, -0.25) is 9.36 Å². The fourth-order valence-electron chi connectivity index (χ4n) is 4.98. The Labute approximate surface area is 237 Å². The van der Waals surface area contributed by atoms with E-state index in [1.807, 2.05) is 0 Å². The van der Waals surface area contributed by atoms with Gasteiger partial charge in [0.25, 0.3) is 5.56 Å². The van der Waals surface area contributed by atoms with Gasteiger partial charge in [-0.1, -0.05) is 11.3 Å². The molecule has 0 bridgehead atoms. The number of methoxy groups -OCH3 is 1. The highest BCUT2D eigenvalue weighted by Crippen LogP contribution is 2.35. The fraction of sp³-hybridized carbons (Fsp3) is 0.444. The molecule has 5 rings (SSSR count). The molecule has 3 aromatic heterocycles. The second-order valence-corrected chi connectivity index (χ2v) is 11.2. The standard InChI is InChI=1S/C27H30FN5O7S/c1-15-21-22(34)32(27(2,3)25(35)36)26(37)31(24(21)41-23(15)33-29-9-10-30-33)14-20(40-17-7-11-39-12-8-17)18-13-16(28)5-6-19(18)38-4/h5-6,9-10,13,17,20H,7-8,11-12,14H2,1-4H3,(H,35,36). The predicted molar refractivity (Wildman–Crippen MR) is 148 cm³/mol. The minimum absolute atomic E-state index is 0.158. The smallest absolute Gasteiger partial charge is 0.333 e. The van der Waals surface area contributed by atoms with Gasteiger partial charge in [0, 0.05) is 24.3 Å². The average molecular weight is 588 g/mol. The maximum atomic E-state index is 14.5. The molecule has 41 heavy (non-hydrogen) atoms. The number of benzene rings is 1. The van der Waals surface area contributed by atoms with Crippen LogP contribution in [-0.4, -0.2) is 61.6 Å². The lowest BCUT2D eigenvalue weighted by atomic mass is 10.0. The Morgan fingerprint density at radius 3 is 2.56 bits per heavy atom. The second-order valence-electron chi connectivity index (χ2n) is 10.3. The Morgan fingerprint density at radius 1 is 1.24 bits per heavy atom. The molecule has 0 aliphatic carbocycles. The first kappa shape index (κ1) is 28.6. The summed E-state index contributed by atoms with van der Waals surface area (Å²) in [5.74, 6) is -1.52. The minimum atomic E-state index is -1.88. The van der Waals surface area contributed by atoms with E-state index in [0.717, 1.165) is 15.9 Å². The van der Waals surface area contributed by atoms with Crippen LogP contribution in [0.5, 0.6) is 5.75 Å². The monoisotopic (exact) mass is 587 g/mol. The summed E-state index contributed by atoms with van der Waals surface area (Å²) >= 11 is 1.12. The molecular formula is C27H30FN5O7S. The molecule has 1 atom stereocenters. The third kappa shape index (κ3) is 5.18. The molecule has 0 amide bonds. The first-order valence-electron chi connectivity index (χ1n) is 13.0. The van der Waals surface area contributed by atoms with Gasteiger partial charge < -0.3 is 19.3 Å². The van der Waals surface area contributed by atoms with Crippen LogP contribution in [-0.2, 0) is 26.4 Å². The maximum absolute atomic E-state index is 14.5. The highest BCUT2D eigenvalue weighted by atomic mass is 32.1. The Morgan fingerprint density at radius 2 is 1.93 bits per heavy atom. The molecule has 0 saturated carbocycles. The minimum Gasteiger partial charge on any atom is -0.496 e. The van der Waals surface area contributed by atoms with E-state index in [4.69, 9.17) is 14.2 Å². The number of carboxylic acid groups (broad SMARTS) is 1. The summed E-state index contributed by atoms with van der Waals surface area (Å²) in [4.78, 5) is 41.8. The van der Waals surface area contributed by atoms with E-state index in [-0.39, 0.29) is 22.9 Å². The number of fused-ring (bicyclic) bond motifs is 1. The van der Waals surface area contributed by atoms with Crippen molar-refractivity contribution in [3.63, 3.8) is 0 Å². The molecular weight excluding hydrogens is 557 g/mol. The quantitative estimate of drug-likeness (QED) is 0.313. The molecule has 1 N–H and O–H groups in total. The summed E-state index contributed by atoms with van der Waals surface area (Å²) in [7, 11) is 1.45. The number of carbonyl (C=O) groups is 1. The first-order chi connectivity index (χ1) is 19.5. The number of aliphatic carboxylic acids is 1. The molecule has 14 heteroatoms. The summed E-state index contributed by atoms with van der Waals surface area (Å²) in [6, 6.07) is 4.04. The molecule has 4 aromatic rings. The van der Waals surface area contributed by atoms with Crippen molar-refractivity contribution in [3.05, 3.63) is 68.4 Å². The molecule has 1 saturated heterocycles. The van der Waals surface area contributed by atoms with Crippen LogP contribution in [0.1, 0.15) is 43.9 Å². The lowest BCUT2D eigenvalue weighted by Gasteiger charge is -2.30. The lowest BCUT2D eigenvalue weighted by Crippen LogP contribution is -2.52.